The van der Waals surface area contributed by atoms with Crippen LogP contribution in [0, 0.1) is 3.57 Å². The molecule has 6 heteroatoms. The molecule has 96 valence electrons. The van der Waals surface area contributed by atoms with Crippen LogP contribution in [0.5, 0.6) is 0 Å². The van der Waals surface area contributed by atoms with E-state index in [-0.39, 0.29) is 6.23 Å². The largest absolute Gasteiger partial charge is 0.356 e. The van der Waals surface area contributed by atoms with E-state index in [1.807, 2.05) is 10.7 Å². The van der Waals surface area contributed by atoms with Crippen LogP contribution in [-0.4, -0.2) is 16.4 Å². The van der Waals surface area contributed by atoms with Gasteiger partial charge >= 0.3 is 0 Å². The Hall–Kier alpha value is 0.150. The summed E-state index contributed by atoms with van der Waals surface area (Å²) >= 11 is 11.9. The Labute approximate surface area is 132 Å². The molecule has 1 aromatic carbocycles. The maximum Gasteiger partial charge on any atom is 0.150 e. The van der Waals surface area contributed by atoms with Gasteiger partial charge in [0.1, 0.15) is 4.60 Å². The molecule has 3 rings (SSSR count). The molecule has 0 amide bonds. The van der Waals surface area contributed by atoms with Crippen LogP contribution < -0.4 is 0 Å². The number of fused-ring (bicyclic) bond motifs is 1. The highest BCUT2D eigenvalue weighted by Crippen LogP contribution is 2.33. The predicted octanol–water partition coefficient (Wildman–Crippen LogP) is 4.76. The number of aromatic nitrogens is 2. The quantitative estimate of drug-likeness (QED) is 0.597. The molecule has 1 unspecified atom stereocenters. The molecule has 1 aromatic heterocycles. The lowest BCUT2D eigenvalue weighted by atomic mass is 10.2. The van der Waals surface area contributed by atoms with Gasteiger partial charge < -0.3 is 4.74 Å². The highest BCUT2D eigenvalue weighted by Gasteiger charge is 2.21. The maximum absolute atomic E-state index is 6.20. The van der Waals surface area contributed by atoms with Gasteiger partial charge in [-0.3, -0.25) is 0 Å². The third kappa shape index (κ3) is 2.30. The molecular formula is C12H11BrClIN2O. The molecule has 0 radical (unpaired) electrons. The number of rotatable bonds is 1. The Balaban J connectivity index is 2.14. The van der Waals surface area contributed by atoms with Crippen LogP contribution in [0.25, 0.3) is 10.9 Å². The second kappa shape index (κ2) is 5.26. The standard InChI is InChI=1S/C12H11BrClIN2O/c13-12-7-5-9(15)8(14)6-10(7)17(16-12)11-3-1-2-4-18-11/h5-6,11H,1-4H2. The Bertz CT molecular complexity index is 595. The topological polar surface area (TPSA) is 27.1 Å². The number of hydrogen-bond acceptors (Lipinski definition) is 2. The first-order chi connectivity index (χ1) is 8.66. The fourth-order valence-corrected chi connectivity index (χ4v) is 3.34. The monoisotopic (exact) mass is 440 g/mol. The summed E-state index contributed by atoms with van der Waals surface area (Å²) in [6.07, 6.45) is 3.35. The minimum Gasteiger partial charge on any atom is -0.356 e. The molecule has 1 saturated heterocycles. The number of nitrogens with zero attached hydrogens (tertiary/aromatic N) is 2. The molecule has 0 N–H and O–H groups in total. The SMILES string of the molecule is Clc1cc2c(cc1I)c(Br)nn2C1CCCCO1. The van der Waals surface area contributed by atoms with Gasteiger partial charge in [-0.1, -0.05) is 11.6 Å². The highest BCUT2D eigenvalue weighted by molar-refractivity contribution is 14.1. The smallest absolute Gasteiger partial charge is 0.150 e. The van der Waals surface area contributed by atoms with Crippen LogP contribution in [0.3, 0.4) is 0 Å². The zero-order valence-corrected chi connectivity index (χ0v) is 14.0. The minimum atomic E-state index is 0.0312. The molecule has 1 aliphatic heterocycles. The van der Waals surface area contributed by atoms with E-state index < -0.39 is 0 Å². The first kappa shape index (κ1) is 13.1. The van der Waals surface area contributed by atoms with Gasteiger partial charge in [0.25, 0.3) is 0 Å². The molecule has 1 fully saturated rings. The molecule has 3 nitrogen and oxygen atoms in total. The van der Waals surface area contributed by atoms with Gasteiger partial charge in [-0.05, 0) is 69.9 Å². The van der Waals surface area contributed by atoms with Gasteiger partial charge in [-0.2, -0.15) is 5.10 Å². The van der Waals surface area contributed by atoms with Crippen molar-refractivity contribution in [2.45, 2.75) is 25.5 Å². The number of hydrogen-bond donors (Lipinski definition) is 0. The summed E-state index contributed by atoms with van der Waals surface area (Å²) in [5.74, 6) is 0. The molecule has 0 aliphatic carbocycles. The van der Waals surface area contributed by atoms with Gasteiger partial charge in [0.05, 0.1) is 10.5 Å². The normalized spacial score (nSPS) is 20.5. The highest BCUT2D eigenvalue weighted by atomic mass is 127. The van der Waals surface area contributed by atoms with Crippen molar-refractivity contribution >= 4 is 61.0 Å². The Kier molecular flexibility index (Phi) is 3.85. The van der Waals surface area contributed by atoms with Gasteiger partial charge in [-0.25, -0.2) is 4.68 Å². The average Bonchev–Trinajstić information content (AvgIpc) is 2.69. The van der Waals surface area contributed by atoms with Gasteiger partial charge in [-0.15, -0.1) is 0 Å². The number of ether oxygens (including phenoxy) is 1. The van der Waals surface area contributed by atoms with E-state index in [1.165, 1.54) is 6.42 Å². The summed E-state index contributed by atoms with van der Waals surface area (Å²) in [6.45, 7) is 0.807. The van der Waals surface area contributed by atoms with Crippen molar-refractivity contribution in [2.24, 2.45) is 0 Å². The maximum atomic E-state index is 6.20. The predicted molar refractivity (Wildman–Crippen MR) is 84.0 cm³/mol. The lowest BCUT2D eigenvalue weighted by molar-refractivity contribution is -0.0368. The van der Waals surface area contributed by atoms with Gasteiger partial charge in [0, 0.05) is 15.6 Å². The second-order valence-corrected chi connectivity index (χ2v) is 6.66. The van der Waals surface area contributed by atoms with Crippen molar-refractivity contribution in [2.75, 3.05) is 6.61 Å². The van der Waals surface area contributed by atoms with Gasteiger partial charge in [0.15, 0.2) is 6.23 Å². The molecule has 18 heavy (non-hydrogen) atoms. The molecule has 2 aromatic rings. The Morgan fingerprint density at radius 1 is 1.44 bits per heavy atom. The van der Waals surface area contributed by atoms with Crippen LogP contribution in [0.4, 0.5) is 0 Å². The van der Waals surface area contributed by atoms with Crippen LogP contribution in [0.2, 0.25) is 5.02 Å². The van der Waals surface area contributed by atoms with E-state index >= 15 is 0 Å². The summed E-state index contributed by atoms with van der Waals surface area (Å²) < 4.78 is 9.62. The van der Waals surface area contributed by atoms with Crippen molar-refractivity contribution in [3.8, 4) is 0 Å². The summed E-state index contributed by atoms with van der Waals surface area (Å²) in [7, 11) is 0. The molecule has 1 atom stereocenters. The fraction of sp³-hybridized carbons (Fsp3) is 0.417. The third-order valence-electron chi connectivity index (χ3n) is 3.13. The molecule has 0 spiro atoms. The van der Waals surface area contributed by atoms with E-state index in [4.69, 9.17) is 16.3 Å². The zero-order valence-electron chi connectivity index (χ0n) is 9.50. The van der Waals surface area contributed by atoms with E-state index in [1.54, 1.807) is 0 Å². The molecule has 0 bridgehead atoms. The zero-order chi connectivity index (χ0) is 12.7. The molecule has 2 heterocycles. The van der Waals surface area contributed by atoms with Gasteiger partial charge in [0.2, 0.25) is 0 Å². The summed E-state index contributed by atoms with van der Waals surface area (Å²) in [5, 5.41) is 6.38. The lowest BCUT2D eigenvalue weighted by Crippen LogP contribution is -2.19. The first-order valence-corrected chi connectivity index (χ1v) is 8.06. The third-order valence-corrected chi connectivity index (χ3v) is 5.24. The molecular weight excluding hydrogens is 430 g/mol. The molecule has 1 aliphatic rings. The van der Waals surface area contributed by atoms with Crippen LogP contribution >= 0.6 is 50.1 Å². The fourth-order valence-electron chi connectivity index (χ4n) is 2.23. The summed E-state index contributed by atoms with van der Waals surface area (Å²) in [6, 6.07) is 4.02. The summed E-state index contributed by atoms with van der Waals surface area (Å²) in [4.78, 5) is 0. The minimum absolute atomic E-state index is 0.0312. The van der Waals surface area contributed by atoms with Crippen molar-refractivity contribution in [3.63, 3.8) is 0 Å². The lowest BCUT2D eigenvalue weighted by Gasteiger charge is -2.23. The van der Waals surface area contributed by atoms with Crippen LogP contribution in [0.1, 0.15) is 25.5 Å². The summed E-state index contributed by atoms with van der Waals surface area (Å²) in [5.41, 5.74) is 1.03. The number of benzene rings is 1. The van der Waals surface area contributed by atoms with Crippen molar-refractivity contribution in [3.05, 3.63) is 25.3 Å². The second-order valence-electron chi connectivity index (χ2n) is 4.34. The van der Waals surface area contributed by atoms with E-state index in [0.717, 1.165) is 43.5 Å². The Morgan fingerprint density at radius 2 is 2.28 bits per heavy atom. The van der Waals surface area contributed by atoms with E-state index in [9.17, 15) is 0 Å². The first-order valence-electron chi connectivity index (χ1n) is 5.81. The average molecular weight is 441 g/mol. The van der Waals surface area contributed by atoms with Crippen LogP contribution in [0.15, 0.2) is 16.7 Å². The van der Waals surface area contributed by atoms with E-state index in [0.29, 0.717) is 0 Å². The van der Waals surface area contributed by atoms with Crippen molar-refractivity contribution in [1.82, 2.24) is 9.78 Å². The van der Waals surface area contributed by atoms with Crippen LogP contribution in [-0.2, 0) is 4.74 Å². The number of halogens is 3. The van der Waals surface area contributed by atoms with Crippen molar-refractivity contribution in [1.29, 1.82) is 0 Å². The van der Waals surface area contributed by atoms with E-state index in [2.05, 4.69) is 49.7 Å². The molecule has 0 saturated carbocycles. The Morgan fingerprint density at radius 3 is 3.00 bits per heavy atom. The van der Waals surface area contributed by atoms with Crippen molar-refractivity contribution < 1.29 is 4.74 Å².